The first-order valence-electron chi connectivity index (χ1n) is 15.9. The van der Waals surface area contributed by atoms with E-state index < -0.39 is 15.1 Å². The zero-order valence-electron chi connectivity index (χ0n) is 26.0. The van der Waals surface area contributed by atoms with Gasteiger partial charge in [-0.1, -0.05) is 197 Å². The normalized spacial score (nSPS) is 11.9. The van der Waals surface area contributed by atoms with E-state index in [9.17, 15) is 0 Å². The molecule has 0 nitrogen and oxygen atoms in total. The molecule has 0 aliphatic carbocycles. The minimum absolute atomic E-state index is 0.956. The minimum Gasteiger partial charge on any atom is -0.0689 e. The van der Waals surface area contributed by atoms with Gasteiger partial charge in [0.05, 0.1) is 8.41 Å². The van der Waals surface area contributed by atoms with Gasteiger partial charge in [-0.25, -0.2) is 0 Å². The molecule has 6 aromatic carbocycles. The van der Waals surface area contributed by atoms with Crippen LogP contribution < -0.4 is 0 Å². The second-order valence-corrected chi connectivity index (χ2v) is 18.6. The van der Waals surface area contributed by atoms with Crippen molar-refractivity contribution in [1.29, 1.82) is 0 Å². The largest absolute Gasteiger partial charge is 0.0689 e. The van der Waals surface area contributed by atoms with Crippen molar-refractivity contribution in [2.75, 3.05) is 0 Å². The summed E-state index contributed by atoms with van der Waals surface area (Å²) in [6, 6.07) is 66.1. The number of hydrogen-bond donors (Lipinski definition) is 0. The molecule has 230 valence electrons. The van der Waals surface area contributed by atoms with Gasteiger partial charge in [-0.3, -0.25) is 0 Å². The van der Waals surface area contributed by atoms with Crippen LogP contribution in [0, 0.1) is 0 Å². The van der Waals surface area contributed by atoms with E-state index in [2.05, 4.69) is 214 Å². The second kappa shape index (κ2) is 13.8. The van der Waals surface area contributed by atoms with Crippen LogP contribution in [-0.2, 0) is 0 Å². The van der Waals surface area contributed by atoms with Gasteiger partial charge in [0, 0.05) is 32.8 Å². The summed E-state index contributed by atoms with van der Waals surface area (Å²) in [7, 11) is -1.91. The predicted octanol–water partition coefficient (Wildman–Crippen LogP) is 15.5. The first-order chi connectivity index (χ1) is 23.7. The lowest BCUT2D eigenvalue weighted by Gasteiger charge is -2.17. The third-order valence-electron chi connectivity index (χ3n) is 8.73. The Labute approximate surface area is 301 Å². The second-order valence-electron chi connectivity index (χ2n) is 11.6. The topological polar surface area (TPSA) is 0 Å². The molecule has 0 saturated carbocycles. The molecule has 0 bridgehead atoms. The number of halogens is 2. The molecule has 0 aliphatic heterocycles. The molecule has 8 aromatic rings. The van der Waals surface area contributed by atoms with E-state index in [0.29, 0.717) is 0 Å². The van der Waals surface area contributed by atoms with Crippen molar-refractivity contribution in [3.63, 3.8) is 0 Å². The Kier molecular flexibility index (Phi) is 8.92. The summed E-state index contributed by atoms with van der Waals surface area (Å²) >= 11 is 8.65. The van der Waals surface area contributed by atoms with E-state index in [1.54, 1.807) is 0 Å². The van der Waals surface area contributed by atoms with Crippen molar-refractivity contribution in [2.24, 2.45) is 0 Å². The Morgan fingerprint density at radius 2 is 0.500 bits per heavy atom. The average Bonchev–Trinajstić information content (AvgIpc) is 3.64. The highest BCUT2D eigenvalue weighted by Gasteiger charge is 2.33. The van der Waals surface area contributed by atoms with Gasteiger partial charge in [0.2, 0.25) is 0 Å². The highest BCUT2D eigenvalue weighted by Crippen LogP contribution is 2.72. The summed E-state index contributed by atoms with van der Waals surface area (Å²) < 4.78 is 2.52. The van der Waals surface area contributed by atoms with Gasteiger partial charge in [-0.05, 0) is 64.7 Å². The molecule has 8 rings (SSSR count). The molecule has 2 unspecified atom stereocenters. The molecule has 0 fully saturated rings. The third-order valence-corrected chi connectivity index (χ3v) is 16.5. The Morgan fingerprint density at radius 3 is 0.771 bits per heavy atom. The molecule has 2 heterocycles. The quantitative estimate of drug-likeness (QED) is 0.151. The molecular formula is C44H30Br2P2. The maximum atomic E-state index is 4.32. The minimum atomic E-state index is -0.956. The SMILES string of the molecule is Brc1c(-c2ccccc2)c(-c2ccccc2)c(-c2c(-c3ccccc3)c(-c3ccccc3)c(Br)p2-c2ccccc2)p1-c1ccccc1. The Hall–Kier alpha value is -4.16. The maximum Gasteiger partial charge on any atom is 0.0503 e. The van der Waals surface area contributed by atoms with E-state index in [-0.39, 0.29) is 0 Å². The standard InChI is InChI=1S/C44H30Br2P2/c45-43-39(33-23-11-3-12-24-33)37(31-19-7-1-8-20-31)41(47(43)35-27-15-5-16-28-35)42-38(32-21-9-2-10-22-32)40(34-25-13-4-14-26-34)44(46)48(42)36-29-17-6-18-30-36/h1-30H. The van der Waals surface area contributed by atoms with Crippen molar-refractivity contribution in [3.05, 3.63) is 190 Å². The summed E-state index contributed by atoms with van der Waals surface area (Å²) in [4.78, 5) is 0. The fourth-order valence-electron chi connectivity index (χ4n) is 6.68. The lowest BCUT2D eigenvalue weighted by molar-refractivity contribution is 1.61. The molecule has 0 radical (unpaired) electrons. The van der Waals surface area contributed by atoms with Gasteiger partial charge in [-0.2, -0.15) is 0 Å². The monoisotopic (exact) mass is 778 g/mol. The van der Waals surface area contributed by atoms with Crippen molar-refractivity contribution in [2.45, 2.75) is 0 Å². The molecule has 2 aromatic heterocycles. The summed E-state index contributed by atoms with van der Waals surface area (Å²) in [5.74, 6) is 0. The van der Waals surface area contributed by atoms with Gasteiger partial charge in [-0.15, -0.1) is 0 Å². The van der Waals surface area contributed by atoms with E-state index in [0.717, 1.165) is 0 Å². The van der Waals surface area contributed by atoms with Gasteiger partial charge in [0.1, 0.15) is 0 Å². The van der Waals surface area contributed by atoms with Crippen LogP contribution in [0.5, 0.6) is 0 Å². The molecule has 0 N–H and O–H groups in total. The van der Waals surface area contributed by atoms with Crippen LogP contribution in [0.1, 0.15) is 0 Å². The summed E-state index contributed by atoms with van der Waals surface area (Å²) in [6.07, 6.45) is 0. The highest BCUT2D eigenvalue weighted by molar-refractivity contribution is 9.11. The smallest absolute Gasteiger partial charge is 0.0503 e. The summed E-state index contributed by atoms with van der Waals surface area (Å²) in [6.45, 7) is 0. The van der Waals surface area contributed by atoms with Gasteiger partial charge in [0.25, 0.3) is 0 Å². The third kappa shape index (κ3) is 5.58. The fourth-order valence-corrected chi connectivity index (χ4v) is 15.2. The zero-order chi connectivity index (χ0) is 32.5. The van der Waals surface area contributed by atoms with Gasteiger partial charge in [0.15, 0.2) is 0 Å². The molecule has 4 heteroatoms. The first-order valence-corrected chi connectivity index (χ1v) is 20.2. The van der Waals surface area contributed by atoms with Crippen LogP contribution in [0.15, 0.2) is 190 Å². The predicted molar refractivity (Wildman–Crippen MR) is 217 cm³/mol. The molecule has 48 heavy (non-hydrogen) atoms. The van der Waals surface area contributed by atoms with E-state index >= 15 is 0 Å². The van der Waals surface area contributed by atoms with Crippen molar-refractivity contribution in [3.8, 4) is 65.7 Å². The Morgan fingerprint density at radius 1 is 0.271 bits per heavy atom. The molecular weight excluding hydrogens is 750 g/mol. The maximum absolute atomic E-state index is 4.32. The number of hydrogen-bond acceptors (Lipinski definition) is 0. The number of benzene rings is 6. The molecule has 0 amide bonds. The van der Waals surface area contributed by atoms with Gasteiger partial charge < -0.3 is 0 Å². The lowest BCUT2D eigenvalue weighted by Crippen LogP contribution is -1.87. The summed E-state index contributed by atoms with van der Waals surface area (Å²) in [5.41, 5.74) is 10.1. The van der Waals surface area contributed by atoms with Crippen molar-refractivity contribution >= 4 is 46.9 Å². The summed E-state index contributed by atoms with van der Waals surface area (Å²) in [5, 5.41) is 5.51. The van der Waals surface area contributed by atoms with Crippen molar-refractivity contribution < 1.29 is 0 Å². The number of rotatable bonds is 7. The van der Waals surface area contributed by atoms with Gasteiger partial charge >= 0.3 is 0 Å². The van der Waals surface area contributed by atoms with Crippen LogP contribution in [0.2, 0.25) is 0 Å². The average molecular weight is 780 g/mol. The van der Waals surface area contributed by atoms with Crippen LogP contribution in [-0.4, -0.2) is 0 Å². The van der Waals surface area contributed by atoms with E-state index in [1.807, 2.05) is 0 Å². The molecule has 0 spiro atoms. The molecule has 2 atom stereocenters. The fraction of sp³-hybridized carbons (Fsp3) is 0. The first kappa shape index (κ1) is 31.1. The molecule has 0 saturated heterocycles. The van der Waals surface area contributed by atoms with Crippen LogP contribution in [0.4, 0.5) is 0 Å². The highest BCUT2D eigenvalue weighted by atomic mass is 79.9. The van der Waals surface area contributed by atoms with Crippen LogP contribution in [0.3, 0.4) is 0 Å². The molecule has 0 aliphatic rings. The van der Waals surface area contributed by atoms with Crippen LogP contribution in [0.25, 0.3) is 65.7 Å². The lowest BCUT2D eigenvalue weighted by atomic mass is 9.92. The van der Waals surface area contributed by atoms with E-state index in [4.69, 9.17) is 0 Å². The van der Waals surface area contributed by atoms with Crippen LogP contribution >= 0.6 is 46.9 Å². The zero-order valence-corrected chi connectivity index (χ0v) is 30.9. The van der Waals surface area contributed by atoms with Crippen molar-refractivity contribution in [1.82, 2.24) is 0 Å². The van der Waals surface area contributed by atoms with E-state index in [1.165, 1.54) is 74.1 Å². The Balaban J connectivity index is 1.64. The Bertz CT molecular complexity index is 2140.